The van der Waals surface area contributed by atoms with Crippen molar-refractivity contribution in [1.82, 2.24) is 0 Å². The van der Waals surface area contributed by atoms with Crippen molar-refractivity contribution in [3.63, 3.8) is 0 Å². The van der Waals surface area contributed by atoms with Crippen molar-refractivity contribution in [1.29, 1.82) is 0 Å². The van der Waals surface area contributed by atoms with Crippen LogP contribution < -0.4 is 4.74 Å². The number of alkyl halides is 3. The summed E-state index contributed by atoms with van der Waals surface area (Å²) in [6.07, 6.45) is 3.67. The summed E-state index contributed by atoms with van der Waals surface area (Å²) in [6, 6.07) is 5.94. The van der Waals surface area contributed by atoms with Gasteiger partial charge in [0.05, 0.1) is 0 Å². The standard InChI is InChI=1S/C26H26F6O/c1-2-3-4-5-15-6-8-18-20(10-9-19-21(18)13-17(27)14-22(19)28)25(15)16-7-11-24(23(29)12-16)33-26(30,31)32/h4-5,7,11-15,18,20,25H,2-3,6,8-10H2,1H3/t15-,18-,20+,25-/m1/s1. The molecule has 4 rings (SSSR count). The molecule has 1 nitrogen and oxygen atoms in total. The minimum Gasteiger partial charge on any atom is -0.403 e. The Bertz CT molecular complexity index is 1030. The third-order valence-corrected chi connectivity index (χ3v) is 6.98. The van der Waals surface area contributed by atoms with Crippen LogP contribution in [0.5, 0.6) is 5.75 Å². The molecule has 2 aromatic carbocycles. The van der Waals surface area contributed by atoms with Crippen molar-refractivity contribution < 1.29 is 31.1 Å². The first-order valence-corrected chi connectivity index (χ1v) is 11.4. The second-order valence-corrected chi connectivity index (χ2v) is 8.99. The lowest BCUT2D eigenvalue weighted by Crippen LogP contribution is -2.35. The fourth-order valence-electron chi connectivity index (χ4n) is 5.71. The molecule has 0 N–H and O–H groups in total. The van der Waals surface area contributed by atoms with E-state index in [4.69, 9.17) is 0 Å². The number of rotatable bonds is 5. The molecular formula is C26H26F6O. The van der Waals surface area contributed by atoms with Crippen molar-refractivity contribution in [2.75, 3.05) is 0 Å². The summed E-state index contributed by atoms with van der Waals surface area (Å²) in [5, 5.41) is 0. The normalized spacial score (nSPS) is 25.1. The fraction of sp³-hybridized carbons (Fsp3) is 0.462. The monoisotopic (exact) mass is 468 g/mol. The summed E-state index contributed by atoms with van der Waals surface area (Å²) in [7, 11) is 0. The maximum absolute atomic E-state index is 14.6. The molecule has 2 aliphatic carbocycles. The number of benzene rings is 2. The molecule has 2 aliphatic rings. The summed E-state index contributed by atoms with van der Waals surface area (Å²) in [6.45, 7) is 2.06. The number of ether oxygens (including phenoxy) is 1. The van der Waals surface area contributed by atoms with Gasteiger partial charge in [-0.1, -0.05) is 31.6 Å². The van der Waals surface area contributed by atoms with Crippen molar-refractivity contribution in [2.45, 2.75) is 63.6 Å². The molecule has 0 saturated heterocycles. The Morgan fingerprint density at radius 2 is 1.79 bits per heavy atom. The Balaban J connectivity index is 1.72. The van der Waals surface area contributed by atoms with Crippen LogP contribution >= 0.6 is 0 Å². The summed E-state index contributed by atoms with van der Waals surface area (Å²) in [4.78, 5) is 0. The molecule has 1 fully saturated rings. The number of hydrogen-bond donors (Lipinski definition) is 0. The quantitative estimate of drug-likeness (QED) is 0.317. The highest BCUT2D eigenvalue weighted by molar-refractivity contribution is 5.39. The molecule has 0 aliphatic heterocycles. The molecule has 0 unspecified atom stereocenters. The van der Waals surface area contributed by atoms with E-state index in [-0.39, 0.29) is 23.7 Å². The Hall–Kier alpha value is -2.44. The highest BCUT2D eigenvalue weighted by Crippen LogP contribution is 2.54. The molecule has 0 heterocycles. The minimum absolute atomic E-state index is 0.00230. The average molecular weight is 468 g/mol. The predicted octanol–water partition coefficient (Wildman–Crippen LogP) is 8.20. The highest BCUT2D eigenvalue weighted by Gasteiger charge is 2.43. The zero-order chi connectivity index (χ0) is 23.8. The van der Waals surface area contributed by atoms with Crippen LogP contribution in [0.3, 0.4) is 0 Å². The van der Waals surface area contributed by atoms with Gasteiger partial charge in [0.1, 0.15) is 11.6 Å². The molecule has 2 aromatic rings. The zero-order valence-corrected chi connectivity index (χ0v) is 18.3. The van der Waals surface area contributed by atoms with Crippen LogP contribution in [0.15, 0.2) is 42.5 Å². The predicted molar refractivity (Wildman–Crippen MR) is 114 cm³/mol. The van der Waals surface area contributed by atoms with Crippen molar-refractivity contribution in [3.8, 4) is 5.75 Å². The first-order valence-electron chi connectivity index (χ1n) is 11.4. The Morgan fingerprint density at radius 1 is 1.00 bits per heavy atom. The van der Waals surface area contributed by atoms with Gasteiger partial charge in [-0.25, -0.2) is 13.2 Å². The topological polar surface area (TPSA) is 9.23 Å². The lowest BCUT2D eigenvalue weighted by molar-refractivity contribution is -0.275. The lowest BCUT2D eigenvalue weighted by Gasteiger charge is -2.46. The summed E-state index contributed by atoms with van der Waals surface area (Å²) < 4.78 is 84.6. The molecule has 7 heteroatoms. The van der Waals surface area contributed by atoms with E-state index in [0.717, 1.165) is 43.9 Å². The van der Waals surface area contributed by atoms with Crippen LogP contribution in [-0.2, 0) is 6.42 Å². The maximum Gasteiger partial charge on any atom is 0.573 e. The van der Waals surface area contributed by atoms with Crippen molar-refractivity contribution in [2.24, 2.45) is 11.8 Å². The van der Waals surface area contributed by atoms with E-state index in [9.17, 15) is 26.3 Å². The Morgan fingerprint density at radius 3 is 2.48 bits per heavy atom. The summed E-state index contributed by atoms with van der Waals surface area (Å²) in [5.74, 6) is -3.30. The van der Waals surface area contributed by atoms with E-state index in [1.165, 1.54) is 12.1 Å². The second kappa shape index (κ2) is 9.43. The van der Waals surface area contributed by atoms with Gasteiger partial charge in [-0.05, 0) is 90.7 Å². The highest BCUT2D eigenvalue weighted by atomic mass is 19.4. The zero-order valence-electron chi connectivity index (χ0n) is 18.3. The summed E-state index contributed by atoms with van der Waals surface area (Å²) >= 11 is 0. The second-order valence-electron chi connectivity index (χ2n) is 8.99. The van der Waals surface area contributed by atoms with E-state index in [1.807, 2.05) is 0 Å². The van der Waals surface area contributed by atoms with Gasteiger partial charge in [-0.2, -0.15) is 0 Å². The Labute approximate surface area is 189 Å². The van der Waals surface area contributed by atoms with Gasteiger partial charge in [0.15, 0.2) is 11.6 Å². The molecule has 1 saturated carbocycles. The molecule has 33 heavy (non-hydrogen) atoms. The molecule has 0 radical (unpaired) electrons. The largest absolute Gasteiger partial charge is 0.573 e. The molecule has 0 aromatic heterocycles. The SMILES string of the molecule is CCCC=C[C@@H]1CC[C@H]2c3cc(F)cc(F)c3CC[C@@H]2[C@H]1c1ccc(OC(F)(F)F)c(F)c1. The molecule has 178 valence electrons. The van der Waals surface area contributed by atoms with Crippen LogP contribution in [-0.4, -0.2) is 6.36 Å². The third-order valence-electron chi connectivity index (χ3n) is 6.98. The van der Waals surface area contributed by atoms with Gasteiger partial charge in [0.25, 0.3) is 0 Å². The first-order chi connectivity index (χ1) is 15.7. The number of unbranched alkanes of at least 4 members (excludes halogenated alkanes) is 1. The molecule has 0 amide bonds. The van der Waals surface area contributed by atoms with Crippen LogP contribution in [0.25, 0.3) is 0 Å². The number of hydrogen-bond acceptors (Lipinski definition) is 1. The van der Waals surface area contributed by atoms with E-state index in [2.05, 4.69) is 23.8 Å². The van der Waals surface area contributed by atoms with Crippen LogP contribution in [0.2, 0.25) is 0 Å². The van der Waals surface area contributed by atoms with E-state index >= 15 is 0 Å². The number of fused-ring (bicyclic) bond motifs is 3. The third kappa shape index (κ3) is 5.07. The van der Waals surface area contributed by atoms with Gasteiger partial charge in [0, 0.05) is 6.07 Å². The minimum atomic E-state index is -4.98. The average Bonchev–Trinajstić information content (AvgIpc) is 2.74. The smallest absolute Gasteiger partial charge is 0.403 e. The summed E-state index contributed by atoms with van der Waals surface area (Å²) in [5.41, 5.74) is 1.79. The molecule has 4 atom stereocenters. The Kier molecular flexibility index (Phi) is 6.78. The fourth-order valence-corrected chi connectivity index (χ4v) is 5.71. The molecule has 0 bridgehead atoms. The van der Waals surface area contributed by atoms with Crippen LogP contribution in [0, 0.1) is 29.3 Å². The maximum atomic E-state index is 14.6. The molecule has 0 spiro atoms. The lowest BCUT2D eigenvalue weighted by atomic mass is 9.58. The van der Waals surface area contributed by atoms with E-state index < -0.39 is 29.6 Å². The van der Waals surface area contributed by atoms with E-state index in [1.54, 1.807) is 0 Å². The van der Waals surface area contributed by atoms with E-state index in [0.29, 0.717) is 29.5 Å². The van der Waals surface area contributed by atoms with Crippen LogP contribution in [0.4, 0.5) is 26.3 Å². The van der Waals surface area contributed by atoms with Crippen molar-refractivity contribution in [3.05, 3.63) is 76.6 Å². The van der Waals surface area contributed by atoms with Gasteiger partial charge in [-0.3, -0.25) is 0 Å². The number of allylic oxidation sites excluding steroid dienone is 2. The number of halogens is 6. The van der Waals surface area contributed by atoms with Crippen molar-refractivity contribution >= 4 is 0 Å². The van der Waals surface area contributed by atoms with Gasteiger partial charge >= 0.3 is 6.36 Å². The first kappa shape index (κ1) is 23.7. The van der Waals surface area contributed by atoms with Gasteiger partial charge < -0.3 is 4.74 Å². The van der Waals surface area contributed by atoms with Gasteiger partial charge in [-0.15, -0.1) is 13.2 Å². The molecular weight excluding hydrogens is 442 g/mol. The van der Waals surface area contributed by atoms with Crippen LogP contribution in [0.1, 0.15) is 67.6 Å². The van der Waals surface area contributed by atoms with Gasteiger partial charge in [0.2, 0.25) is 0 Å².